The number of alkyl halides is 3. The maximum Gasteiger partial charge on any atom is 0.416 e. The fourth-order valence-electron chi connectivity index (χ4n) is 3.52. The lowest BCUT2D eigenvalue weighted by atomic mass is 10.1. The normalized spacial score (nSPS) is 11.8. The van der Waals surface area contributed by atoms with Crippen molar-refractivity contribution in [1.29, 1.82) is 0 Å². The van der Waals surface area contributed by atoms with E-state index in [0.717, 1.165) is 34.8 Å². The van der Waals surface area contributed by atoms with Crippen molar-refractivity contribution in [2.45, 2.75) is 40.3 Å². The zero-order valence-corrected chi connectivity index (χ0v) is 17.8. The fraction of sp³-hybridized carbons (Fsp3) is 0.250. The van der Waals surface area contributed by atoms with Gasteiger partial charge in [0.1, 0.15) is 0 Å². The fourth-order valence-corrected chi connectivity index (χ4v) is 3.52. The van der Waals surface area contributed by atoms with Crippen LogP contribution in [0, 0.1) is 27.7 Å². The molecule has 0 bridgehead atoms. The summed E-state index contributed by atoms with van der Waals surface area (Å²) < 4.78 is 40.6. The molecule has 7 heteroatoms. The molecule has 4 nitrogen and oxygen atoms in total. The topological polar surface area (TPSA) is 46.4 Å². The maximum absolute atomic E-state index is 12.8. The van der Waals surface area contributed by atoms with Crippen LogP contribution in [0.25, 0.3) is 5.69 Å². The smallest absolute Gasteiger partial charge is 0.318 e. The highest BCUT2D eigenvalue weighted by Gasteiger charge is 2.30. The summed E-state index contributed by atoms with van der Waals surface area (Å²) in [5, 5.41) is 4.00. The standard InChI is InChI=1S/C24H24F3N3O/c1-15-7-5-10-22(17(15)3)30-16(2)11-20(18(30)4)14-28-29-23(31)13-19-8-6-9-21(12-19)24(25,26)27/h5-12,14H,13H2,1-4H3,(H,29,31). The van der Waals surface area contributed by atoms with E-state index in [2.05, 4.69) is 41.1 Å². The van der Waals surface area contributed by atoms with Crippen molar-refractivity contribution < 1.29 is 18.0 Å². The number of aryl methyl sites for hydroxylation is 2. The van der Waals surface area contributed by atoms with Crippen molar-refractivity contribution in [3.05, 3.63) is 87.7 Å². The van der Waals surface area contributed by atoms with Crippen LogP contribution in [0.1, 0.15) is 39.2 Å². The molecule has 1 N–H and O–H groups in total. The van der Waals surface area contributed by atoms with Gasteiger partial charge in [0.25, 0.3) is 0 Å². The summed E-state index contributed by atoms with van der Waals surface area (Å²) in [4.78, 5) is 12.1. The van der Waals surface area contributed by atoms with Gasteiger partial charge in [-0.05, 0) is 62.6 Å². The molecule has 0 aliphatic heterocycles. The van der Waals surface area contributed by atoms with Crippen LogP contribution in [0.5, 0.6) is 0 Å². The number of hydrogen-bond donors (Lipinski definition) is 1. The average Bonchev–Trinajstić information content (AvgIpc) is 2.97. The number of benzene rings is 2. The van der Waals surface area contributed by atoms with E-state index in [1.165, 1.54) is 23.3 Å². The number of carbonyl (C=O) groups is 1. The SMILES string of the molecule is Cc1cccc(-n2c(C)cc(C=NNC(=O)Cc3cccc(C(F)(F)F)c3)c2C)c1C. The van der Waals surface area contributed by atoms with Crippen molar-refractivity contribution in [1.82, 2.24) is 9.99 Å². The van der Waals surface area contributed by atoms with Gasteiger partial charge in [0, 0.05) is 22.6 Å². The molecule has 3 aromatic rings. The summed E-state index contributed by atoms with van der Waals surface area (Å²) in [6.45, 7) is 8.11. The van der Waals surface area contributed by atoms with E-state index in [-0.39, 0.29) is 12.0 Å². The van der Waals surface area contributed by atoms with Crippen molar-refractivity contribution in [2.24, 2.45) is 5.10 Å². The molecule has 1 aromatic heterocycles. The lowest BCUT2D eigenvalue weighted by molar-refractivity contribution is -0.137. The number of rotatable bonds is 5. The van der Waals surface area contributed by atoms with Crippen molar-refractivity contribution >= 4 is 12.1 Å². The minimum absolute atomic E-state index is 0.192. The molecule has 3 rings (SSSR count). The Hall–Kier alpha value is -3.35. The molecule has 1 heterocycles. The molecule has 0 aliphatic carbocycles. The Balaban J connectivity index is 1.72. The molecular formula is C24H24F3N3O. The van der Waals surface area contributed by atoms with Gasteiger partial charge in [-0.3, -0.25) is 4.79 Å². The molecule has 0 fully saturated rings. The first-order valence-corrected chi connectivity index (χ1v) is 9.81. The molecule has 0 saturated heterocycles. The minimum atomic E-state index is -4.44. The van der Waals surface area contributed by atoms with Crippen LogP contribution >= 0.6 is 0 Å². The van der Waals surface area contributed by atoms with Gasteiger partial charge < -0.3 is 4.57 Å². The highest BCUT2D eigenvalue weighted by atomic mass is 19.4. The van der Waals surface area contributed by atoms with Crippen molar-refractivity contribution in [3.63, 3.8) is 0 Å². The van der Waals surface area contributed by atoms with Gasteiger partial charge in [-0.2, -0.15) is 18.3 Å². The number of hydrogen-bond acceptors (Lipinski definition) is 2. The van der Waals surface area contributed by atoms with E-state index in [4.69, 9.17) is 0 Å². The Morgan fingerprint density at radius 2 is 1.77 bits per heavy atom. The van der Waals surface area contributed by atoms with Crippen LogP contribution in [0.2, 0.25) is 0 Å². The van der Waals surface area contributed by atoms with Crippen molar-refractivity contribution in [2.75, 3.05) is 0 Å². The first-order chi connectivity index (χ1) is 14.6. The molecule has 0 spiro atoms. The highest BCUT2D eigenvalue weighted by molar-refractivity contribution is 5.85. The van der Waals surface area contributed by atoms with Gasteiger partial charge in [-0.25, -0.2) is 5.43 Å². The van der Waals surface area contributed by atoms with E-state index in [0.29, 0.717) is 0 Å². The Bertz CT molecular complexity index is 1140. The number of halogens is 3. The van der Waals surface area contributed by atoms with Gasteiger partial charge in [0.2, 0.25) is 5.91 Å². The second-order valence-electron chi connectivity index (χ2n) is 7.55. The number of carbonyl (C=O) groups excluding carboxylic acids is 1. The lowest BCUT2D eigenvalue weighted by Gasteiger charge is -2.14. The second-order valence-corrected chi connectivity index (χ2v) is 7.55. The van der Waals surface area contributed by atoms with Crippen LogP contribution in [0.15, 0.2) is 53.6 Å². The largest absolute Gasteiger partial charge is 0.416 e. The molecule has 0 radical (unpaired) electrons. The summed E-state index contributed by atoms with van der Waals surface area (Å²) >= 11 is 0. The van der Waals surface area contributed by atoms with E-state index < -0.39 is 17.6 Å². The molecule has 31 heavy (non-hydrogen) atoms. The van der Waals surface area contributed by atoms with Crippen LogP contribution in [0.4, 0.5) is 13.2 Å². The summed E-state index contributed by atoms with van der Waals surface area (Å²) in [5.74, 6) is -0.487. The Morgan fingerprint density at radius 3 is 2.48 bits per heavy atom. The number of aromatic nitrogens is 1. The summed E-state index contributed by atoms with van der Waals surface area (Å²) in [6, 6.07) is 12.8. The van der Waals surface area contributed by atoms with Crippen LogP contribution in [-0.4, -0.2) is 16.7 Å². The molecule has 1 amide bonds. The van der Waals surface area contributed by atoms with Gasteiger partial charge in [0.05, 0.1) is 18.2 Å². The van der Waals surface area contributed by atoms with Crippen LogP contribution < -0.4 is 5.43 Å². The van der Waals surface area contributed by atoms with Gasteiger partial charge in [-0.1, -0.05) is 30.3 Å². The monoisotopic (exact) mass is 427 g/mol. The van der Waals surface area contributed by atoms with E-state index in [9.17, 15) is 18.0 Å². The third-order valence-electron chi connectivity index (χ3n) is 5.30. The summed E-state index contributed by atoms with van der Waals surface area (Å²) in [7, 11) is 0. The molecule has 0 atom stereocenters. The molecular weight excluding hydrogens is 403 g/mol. The lowest BCUT2D eigenvalue weighted by Crippen LogP contribution is -2.20. The third kappa shape index (κ3) is 5.05. The Kier molecular flexibility index (Phi) is 6.34. The molecule has 0 saturated carbocycles. The van der Waals surface area contributed by atoms with Gasteiger partial charge >= 0.3 is 6.18 Å². The first kappa shape index (κ1) is 22.3. The zero-order chi connectivity index (χ0) is 22.8. The molecule has 0 aliphatic rings. The number of nitrogens with zero attached hydrogens (tertiary/aromatic N) is 2. The van der Waals surface area contributed by atoms with Crippen molar-refractivity contribution in [3.8, 4) is 5.69 Å². The Labute approximate surface area is 179 Å². The number of amides is 1. The molecule has 2 aromatic carbocycles. The van der Waals surface area contributed by atoms with Gasteiger partial charge in [0.15, 0.2) is 0 Å². The summed E-state index contributed by atoms with van der Waals surface area (Å²) in [6.07, 6.45) is -3.08. The Morgan fingerprint density at radius 1 is 1.06 bits per heavy atom. The van der Waals surface area contributed by atoms with E-state index >= 15 is 0 Å². The predicted molar refractivity (Wildman–Crippen MR) is 116 cm³/mol. The second kappa shape index (κ2) is 8.79. The number of hydrazone groups is 1. The van der Waals surface area contributed by atoms with E-state index in [1.54, 1.807) is 6.21 Å². The highest BCUT2D eigenvalue weighted by Crippen LogP contribution is 2.29. The minimum Gasteiger partial charge on any atom is -0.318 e. The zero-order valence-electron chi connectivity index (χ0n) is 17.8. The average molecular weight is 427 g/mol. The van der Waals surface area contributed by atoms with Gasteiger partial charge in [-0.15, -0.1) is 0 Å². The quantitative estimate of drug-likeness (QED) is 0.429. The first-order valence-electron chi connectivity index (χ1n) is 9.81. The maximum atomic E-state index is 12.8. The summed E-state index contributed by atoms with van der Waals surface area (Å²) in [5.41, 5.74) is 8.21. The van der Waals surface area contributed by atoms with E-state index in [1.807, 2.05) is 26.0 Å². The third-order valence-corrected chi connectivity index (χ3v) is 5.30. The van der Waals surface area contributed by atoms with Crippen LogP contribution in [0.3, 0.4) is 0 Å². The predicted octanol–water partition coefficient (Wildman–Crippen LogP) is 5.42. The van der Waals surface area contributed by atoms with Crippen LogP contribution in [-0.2, 0) is 17.4 Å². The number of nitrogens with one attached hydrogen (secondary N) is 1. The molecule has 0 unspecified atom stereocenters. The molecule has 162 valence electrons.